The number of methoxy groups -OCH3 is 3. The maximum atomic E-state index is 6.03. The van der Waals surface area contributed by atoms with Gasteiger partial charge in [-0.15, -0.1) is 0 Å². The molecule has 22 heavy (non-hydrogen) atoms. The van der Waals surface area contributed by atoms with Gasteiger partial charge in [-0.25, -0.2) is 0 Å². The fraction of sp³-hybridized carbons (Fsp3) is 0.333. The van der Waals surface area contributed by atoms with Crippen LogP contribution in [0.15, 0.2) is 36.4 Å². The summed E-state index contributed by atoms with van der Waals surface area (Å²) in [5.74, 6) is 2.30. The van der Waals surface area contributed by atoms with Crippen molar-refractivity contribution in [3.8, 4) is 17.2 Å². The maximum Gasteiger partial charge on any atom is 0.161 e. The highest BCUT2D eigenvalue weighted by Gasteiger charge is 2.27. The Hall–Kier alpha value is -2.20. The molecule has 0 amide bonds. The summed E-state index contributed by atoms with van der Waals surface area (Å²) in [6, 6.07) is 12.0. The van der Waals surface area contributed by atoms with Crippen LogP contribution in [-0.4, -0.2) is 27.9 Å². The number of para-hydroxylation sites is 1. The molecule has 4 heteroatoms. The minimum absolute atomic E-state index is 0.153. The second-order valence-electron chi connectivity index (χ2n) is 5.15. The molecular weight excluding hydrogens is 280 g/mol. The van der Waals surface area contributed by atoms with Crippen molar-refractivity contribution < 1.29 is 18.9 Å². The number of hydrogen-bond donors (Lipinski definition) is 0. The molecule has 116 valence electrons. The summed E-state index contributed by atoms with van der Waals surface area (Å²) >= 11 is 0. The number of benzene rings is 2. The van der Waals surface area contributed by atoms with Gasteiger partial charge in [0.1, 0.15) is 11.9 Å². The Morgan fingerprint density at radius 1 is 0.864 bits per heavy atom. The lowest BCUT2D eigenvalue weighted by atomic mass is 9.92. The number of ether oxygens (including phenoxy) is 4. The molecule has 1 unspecified atom stereocenters. The van der Waals surface area contributed by atoms with E-state index in [0.29, 0.717) is 12.4 Å². The second-order valence-corrected chi connectivity index (χ2v) is 5.15. The molecule has 4 nitrogen and oxygen atoms in total. The molecule has 2 aromatic carbocycles. The zero-order chi connectivity index (χ0) is 15.5. The van der Waals surface area contributed by atoms with E-state index < -0.39 is 0 Å². The van der Waals surface area contributed by atoms with Crippen LogP contribution >= 0.6 is 0 Å². The lowest BCUT2D eigenvalue weighted by Crippen LogP contribution is -2.18. The van der Waals surface area contributed by atoms with Crippen molar-refractivity contribution in [3.05, 3.63) is 53.1 Å². The van der Waals surface area contributed by atoms with E-state index in [-0.39, 0.29) is 6.10 Å². The van der Waals surface area contributed by atoms with Gasteiger partial charge in [0.25, 0.3) is 0 Å². The molecule has 0 aliphatic carbocycles. The van der Waals surface area contributed by atoms with Gasteiger partial charge in [0.2, 0.25) is 0 Å². The average Bonchev–Trinajstić information content (AvgIpc) is 2.59. The van der Waals surface area contributed by atoms with Crippen molar-refractivity contribution in [3.63, 3.8) is 0 Å². The standard InChI is InChI=1S/C18H20O4/c1-19-15-7-5-4-6-13(15)18-14-11-17(21-3)16(20-2)10-12(14)8-9-22-18/h4-7,10-11,18H,8-9H2,1-3H3. The lowest BCUT2D eigenvalue weighted by Gasteiger charge is -2.28. The van der Waals surface area contributed by atoms with Gasteiger partial charge in [0.05, 0.1) is 27.9 Å². The molecule has 0 saturated heterocycles. The van der Waals surface area contributed by atoms with Crippen molar-refractivity contribution >= 4 is 0 Å². The Bertz CT molecular complexity index is 666. The Morgan fingerprint density at radius 2 is 1.55 bits per heavy atom. The minimum Gasteiger partial charge on any atom is -0.496 e. The van der Waals surface area contributed by atoms with E-state index in [0.717, 1.165) is 29.0 Å². The molecule has 0 bridgehead atoms. The third-order valence-corrected chi connectivity index (χ3v) is 4.01. The summed E-state index contributed by atoms with van der Waals surface area (Å²) in [7, 11) is 4.98. The summed E-state index contributed by atoms with van der Waals surface area (Å²) in [5.41, 5.74) is 3.35. The molecule has 0 radical (unpaired) electrons. The first kappa shape index (κ1) is 14.7. The molecule has 1 heterocycles. The molecular formula is C18H20O4. The first-order valence-electron chi connectivity index (χ1n) is 7.27. The highest BCUT2D eigenvalue weighted by atomic mass is 16.5. The third-order valence-electron chi connectivity index (χ3n) is 4.01. The predicted molar refractivity (Wildman–Crippen MR) is 84.0 cm³/mol. The second kappa shape index (κ2) is 6.28. The average molecular weight is 300 g/mol. The van der Waals surface area contributed by atoms with Crippen LogP contribution in [0.3, 0.4) is 0 Å². The summed E-state index contributed by atoms with van der Waals surface area (Å²) in [4.78, 5) is 0. The molecule has 0 N–H and O–H groups in total. The van der Waals surface area contributed by atoms with Gasteiger partial charge in [0, 0.05) is 5.56 Å². The van der Waals surface area contributed by atoms with Crippen LogP contribution in [0.2, 0.25) is 0 Å². The lowest BCUT2D eigenvalue weighted by molar-refractivity contribution is 0.0678. The third kappa shape index (κ3) is 2.50. The van der Waals surface area contributed by atoms with Crippen molar-refractivity contribution in [2.75, 3.05) is 27.9 Å². The van der Waals surface area contributed by atoms with Gasteiger partial charge in [-0.2, -0.15) is 0 Å². The molecule has 1 aliphatic heterocycles. The largest absolute Gasteiger partial charge is 0.496 e. The van der Waals surface area contributed by atoms with Crippen LogP contribution in [0, 0.1) is 0 Å². The Kier molecular flexibility index (Phi) is 4.20. The van der Waals surface area contributed by atoms with Crippen molar-refractivity contribution in [1.29, 1.82) is 0 Å². The van der Waals surface area contributed by atoms with Gasteiger partial charge < -0.3 is 18.9 Å². The number of hydrogen-bond acceptors (Lipinski definition) is 4. The van der Waals surface area contributed by atoms with Crippen LogP contribution in [0.4, 0.5) is 0 Å². The first-order chi connectivity index (χ1) is 10.8. The normalized spacial score (nSPS) is 16.8. The van der Waals surface area contributed by atoms with Crippen molar-refractivity contribution in [1.82, 2.24) is 0 Å². The molecule has 0 fully saturated rings. The van der Waals surface area contributed by atoms with Gasteiger partial charge in [-0.1, -0.05) is 18.2 Å². The Labute approximate surface area is 130 Å². The highest BCUT2D eigenvalue weighted by Crippen LogP contribution is 2.41. The van der Waals surface area contributed by atoms with E-state index in [1.54, 1.807) is 21.3 Å². The van der Waals surface area contributed by atoms with Crippen LogP contribution in [0.25, 0.3) is 0 Å². The van der Waals surface area contributed by atoms with E-state index in [1.807, 2.05) is 36.4 Å². The summed E-state index contributed by atoms with van der Waals surface area (Å²) < 4.78 is 22.3. The zero-order valence-electron chi connectivity index (χ0n) is 13.1. The highest BCUT2D eigenvalue weighted by molar-refractivity contribution is 5.52. The van der Waals surface area contributed by atoms with E-state index in [4.69, 9.17) is 18.9 Å². The SMILES string of the molecule is COc1cc2c(cc1OC)C(c1ccccc1OC)OCC2. The molecule has 1 atom stereocenters. The van der Waals surface area contributed by atoms with Crippen LogP contribution in [-0.2, 0) is 11.2 Å². The predicted octanol–water partition coefficient (Wildman–Crippen LogP) is 3.37. The van der Waals surface area contributed by atoms with Crippen LogP contribution in [0.5, 0.6) is 17.2 Å². The summed E-state index contributed by atoms with van der Waals surface area (Å²) in [6.07, 6.45) is 0.709. The topological polar surface area (TPSA) is 36.9 Å². The zero-order valence-corrected chi connectivity index (χ0v) is 13.1. The molecule has 3 rings (SSSR count). The molecule has 2 aromatic rings. The minimum atomic E-state index is -0.153. The Balaban J connectivity index is 2.11. The summed E-state index contributed by atoms with van der Waals surface area (Å²) in [6.45, 7) is 0.672. The monoisotopic (exact) mass is 300 g/mol. The van der Waals surface area contributed by atoms with Gasteiger partial charge in [0.15, 0.2) is 11.5 Å². The molecule has 0 saturated carbocycles. The van der Waals surface area contributed by atoms with Gasteiger partial charge in [-0.3, -0.25) is 0 Å². The van der Waals surface area contributed by atoms with Crippen molar-refractivity contribution in [2.24, 2.45) is 0 Å². The molecule has 0 aromatic heterocycles. The van der Waals surface area contributed by atoms with E-state index in [1.165, 1.54) is 5.56 Å². The quantitative estimate of drug-likeness (QED) is 0.867. The Morgan fingerprint density at radius 3 is 2.27 bits per heavy atom. The van der Waals surface area contributed by atoms with Gasteiger partial charge >= 0.3 is 0 Å². The molecule has 1 aliphatic rings. The smallest absolute Gasteiger partial charge is 0.161 e. The number of rotatable bonds is 4. The van der Waals surface area contributed by atoms with Crippen LogP contribution < -0.4 is 14.2 Å². The fourth-order valence-electron chi connectivity index (χ4n) is 2.91. The van der Waals surface area contributed by atoms with Crippen LogP contribution in [0.1, 0.15) is 22.8 Å². The fourth-order valence-corrected chi connectivity index (χ4v) is 2.91. The maximum absolute atomic E-state index is 6.03. The summed E-state index contributed by atoms with van der Waals surface area (Å²) in [5, 5.41) is 0. The first-order valence-corrected chi connectivity index (χ1v) is 7.27. The molecule has 0 spiro atoms. The number of fused-ring (bicyclic) bond motifs is 1. The van der Waals surface area contributed by atoms with E-state index in [9.17, 15) is 0 Å². The van der Waals surface area contributed by atoms with E-state index in [2.05, 4.69) is 0 Å². The van der Waals surface area contributed by atoms with Gasteiger partial charge in [-0.05, 0) is 35.7 Å². The van der Waals surface area contributed by atoms with Crippen molar-refractivity contribution in [2.45, 2.75) is 12.5 Å². The van der Waals surface area contributed by atoms with E-state index >= 15 is 0 Å².